The lowest BCUT2D eigenvalue weighted by Crippen LogP contribution is -2.06. The maximum Gasteiger partial charge on any atom is 0.163 e. The van der Waals surface area contributed by atoms with Crippen molar-refractivity contribution in [2.75, 3.05) is 14.2 Å². The highest BCUT2D eigenvalue weighted by molar-refractivity contribution is 5.47. The number of hydrogen-bond donors (Lipinski definition) is 1. The van der Waals surface area contributed by atoms with Gasteiger partial charge < -0.3 is 19.0 Å². The number of halogens is 1. The van der Waals surface area contributed by atoms with E-state index in [9.17, 15) is 9.50 Å². The van der Waals surface area contributed by atoms with E-state index in [1.54, 1.807) is 6.92 Å². The van der Waals surface area contributed by atoms with E-state index < -0.39 is 11.9 Å². The van der Waals surface area contributed by atoms with Crippen molar-refractivity contribution in [1.82, 2.24) is 0 Å². The van der Waals surface area contributed by atoms with Crippen molar-refractivity contribution >= 4 is 0 Å². The summed E-state index contributed by atoms with van der Waals surface area (Å²) in [6.45, 7) is 5.39. The molecular formula is C16H19FO4. The molecule has 4 nitrogen and oxygen atoms in total. The van der Waals surface area contributed by atoms with Crippen molar-refractivity contribution in [2.24, 2.45) is 0 Å². The maximum atomic E-state index is 14.2. The molecule has 1 aromatic heterocycles. The van der Waals surface area contributed by atoms with Crippen molar-refractivity contribution in [2.45, 2.75) is 26.9 Å². The van der Waals surface area contributed by atoms with Crippen LogP contribution in [0.4, 0.5) is 4.39 Å². The molecule has 1 atom stereocenters. The summed E-state index contributed by atoms with van der Waals surface area (Å²) in [4.78, 5) is 0. The average molecular weight is 294 g/mol. The summed E-state index contributed by atoms with van der Waals surface area (Å²) in [6.07, 6.45) is -1.12. The molecule has 0 radical (unpaired) electrons. The summed E-state index contributed by atoms with van der Waals surface area (Å²) < 4.78 is 29.9. The highest BCUT2D eigenvalue weighted by Crippen LogP contribution is 2.37. The first-order chi connectivity index (χ1) is 9.90. The Labute approximate surface area is 123 Å². The van der Waals surface area contributed by atoms with Gasteiger partial charge in [-0.15, -0.1) is 0 Å². The summed E-state index contributed by atoms with van der Waals surface area (Å²) in [5, 5.41) is 10.5. The smallest absolute Gasteiger partial charge is 0.163 e. The molecule has 0 bridgehead atoms. The second-order valence-electron chi connectivity index (χ2n) is 4.88. The number of aliphatic hydroxyl groups excluding tert-OH is 1. The Morgan fingerprint density at radius 3 is 2.10 bits per heavy atom. The Morgan fingerprint density at radius 2 is 1.62 bits per heavy atom. The molecule has 21 heavy (non-hydrogen) atoms. The zero-order valence-corrected chi connectivity index (χ0v) is 12.8. The lowest BCUT2D eigenvalue weighted by atomic mass is 9.97. The summed E-state index contributed by atoms with van der Waals surface area (Å²) in [7, 11) is 2.89. The Bertz CT molecular complexity index is 661. The third-order valence-electron chi connectivity index (χ3n) is 3.69. The normalized spacial score (nSPS) is 12.3. The molecule has 114 valence electrons. The van der Waals surface area contributed by atoms with Crippen molar-refractivity contribution < 1.29 is 23.4 Å². The third kappa shape index (κ3) is 2.61. The molecule has 1 unspecified atom stereocenters. The number of aliphatic hydroxyl groups is 1. The van der Waals surface area contributed by atoms with Gasteiger partial charge in [0.15, 0.2) is 11.5 Å². The van der Waals surface area contributed by atoms with Crippen molar-refractivity contribution in [3.63, 3.8) is 0 Å². The van der Waals surface area contributed by atoms with E-state index in [0.29, 0.717) is 22.8 Å². The van der Waals surface area contributed by atoms with E-state index in [2.05, 4.69) is 0 Å². The molecule has 1 N–H and O–H groups in total. The topological polar surface area (TPSA) is 51.8 Å². The number of methoxy groups -OCH3 is 2. The molecule has 0 fully saturated rings. The Hall–Kier alpha value is -2.01. The van der Waals surface area contributed by atoms with Crippen LogP contribution in [0.15, 0.2) is 16.5 Å². The first-order valence-corrected chi connectivity index (χ1v) is 6.56. The van der Waals surface area contributed by atoms with Crippen LogP contribution in [0.3, 0.4) is 0 Å². The van der Waals surface area contributed by atoms with E-state index in [0.717, 1.165) is 5.56 Å². The predicted octanol–water partition coefficient (Wildman–Crippen LogP) is 3.44. The minimum atomic E-state index is -1.12. The first kappa shape index (κ1) is 15.4. The van der Waals surface area contributed by atoms with E-state index in [-0.39, 0.29) is 11.3 Å². The summed E-state index contributed by atoms with van der Waals surface area (Å²) in [5.41, 5.74) is 1.52. The zero-order valence-electron chi connectivity index (χ0n) is 12.8. The van der Waals surface area contributed by atoms with Crippen LogP contribution in [0.1, 0.15) is 34.3 Å². The van der Waals surface area contributed by atoms with E-state index in [4.69, 9.17) is 13.9 Å². The van der Waals surface area contributed by atoms with E-state index in [1.165, 1.54) is 26.4 Å². The number of benzene rings is 1. The van der Waals surface area contributed by atoms with Gasteiger partial charge in [-0.25, -0.2) is 4.39 Å². The van der Waals surface area contributed by atoms with Gasteiger partial charge in [0.05, 0.1) is 14.2 Å². The minimum absolute atomic E-state index is 0.125. The van der Waals surface area contributed by atoms with Crippen LogP contribution in [0.2, 0.25) is 0 Å². The van der Waals surface area contributed by atoms with Crippen LogP contribution in [-0.2, 0) is 0 Å². The number of rotatable bonds is 4. The zero-order chi connectivity index (χ0) is 15.7. The molecule has 0 saturated carbocycles. The fourth-order valence-electron chi connectivity index (χ4n) is 2.45. The summed E-state index contributed by atoms with van der Waals surface area (Å²) in [5.74, 6) is 1.37. The monoisotopic (exact) mass is 294 g/mol. The second kappa shape index (κ2) is 5.77. The fraction of sp³-hybridized carbons (Fsp3) is 0.375. The Balaban J connectivity index is 2.55. The van der Waals surface area contributed by atoms with E-state index >= 15 is 0 Å². The second-order valence-corrected chi connectivity index (χ2v) is 4.88. The molecule has 0 aliphatic heterocycles. The lowest BCUT2D eigenvalue weighted by molar-refractivity contribution is 0.211. The highest BCUT2D eigenvalue weighted by Gasteiger charge is 2.24. The van der Waals surface area contributed by atoms with Gasteiger partial charge in [0.25, 0.3) is 0 Å². The van der Waals surface area contributed by atoms with Gasteiger partial charge in [0.1, 0.15) is 23.4 Å². The van der Waals surface area contributed by atoms with Crippen LogP contribution >= 0.6 is 0 Å². The standard InChI is InChI=1S/C16H19FO4/c1-8-9(2)21-10(3)15(8)16(18)11-6-13(19-4)14(20-5)7-12(11)17/h6-7,16,18H,1-5H3. The Morgan fingerprint density at radius 1 is 1.05 bits per heavy atom. The van der Waals surface area contributed by atoms with Gasteiger partial charge >= 0.3 is 0 Å². The number of aryl methyl sites for hydroxylation is 2. The molecule has 0 aliphatic rings. The third-order valence-corrected chi connectivity index (χ3v) is 3.69. The average Bonchev–Trinajstić information content (AvgIpc) is 2.71. The van der Waals surface area contributed by atoms with Gasteiger partial charge in [-0.2, -0.15) is 0 Å². The molecular weight excluding hydrogens is 275 g/mol. The molecule has 0 amide bonds. The van der Waals surface area contributed by atoms with Gasteiger partial charge in [0, 0.05) is 17.2 Å². The minimum Gasteiger partial charge on any atom is -0.493 e. The molecule has 0 aliphatic carbocycles. The predicted molar refractivity (Wildman–Crippen MR) is 76.5 cm³/mol. The Kier molecular flexibility index (Phi) is 4.23. The fourth-order valence-corrected chi connectivity index (χ4v) is 2.45. The number of furan rings is 1. The van der Waals surface area contributed by atoms with Crippen LogP contribution in [0.5, 0.6) is 11.5 Å². The molecule has 1 heterocycles. The largest absolute Gasteiger partial charge is 0.493 e. The molecule has 0 saturated heterocycles. The van der Waals surface area contributed by atoms with Crippen LogP contribution in [0.25, 0.3) is 0 Å². The molecule has 1 aromatic carbocycles. The van der Waals surface area contributed by atoms with Crippen LogP contribution in [-0.4, -0.2) is 19.3 Å². The van der Waals surface area contributed by atoms with Crippen molar-refractivity contribution in [3.05, 3.63) is 46.2 Å². The van der Waals surface area contributed by atoms with Crippen LogP contribution < -0.4 is 9.47 Å². The molecule has 0 spiro atoms. The quantitative estimate of drug-likeness (QED) is 0.938. The van der Waals surface area contributed by atoms with Gasteiger partial charge in [-0.05, 0) is 32.4 Å². The van der Waals surface area contributed by atoms with Gasteiger partial charge in [0.2, 0.25) is 0 Å². The van der Waals surface area contributed by atoms with Crippen molar-refractivity contribution in [1.29, 1.82) is 0 Å². The van der Waals surface area contributed by atoms with Gasteiger partial charge in [-0.3, -0.25) is 0 Å². The number of hydrogen-bond acceptors (Lipinski definition) is 4. The molecule has 2 rings (SSSR count). The van der Waals surface area contributed by atoms with Crippen molar-refractivity contribution in [3.8, 4) is 11.5 Å². The van der Waals surface area contributed by atoms with Gasteiger partial charge in [-0.1, -0.05) is 0 Å². The van der Waals surface area contributed by atoms with E-state index in [1.807, 2.05) is 13.8 Å². The summed E-state index contributed by atoms with van der Waals surface area (Å²) in [6, 6.07) is 2.65. The number of ether oxygens (including phenoxy) is 2. The maximum absolute atomic E-state index is 14.2. The highest BCUT2D eigenvalue weighted by atomic mass is 19.1. The lowest BCUT2D eigenvalue weighted by Gasteiger charge is -2.16. The van der Waals surface area contributed by atoms with Crippen LogP contribution in [0, 0.1) is 26.6 Å². The summed E-state index contributed by atoms with van der Waals surface area (Å²) >= 11 is 0. The molecule has 5 heteroatoms. The SMILES string of the molecule is COc1cc(F)c(C(O)c2c(C)oc(C)c2C)cc1OC. The first-order valence-electron chi connectivity index (χ1n) is 6.56. The molecule has 2 aromatic rings.